The van der Waals surface area contributed by atoms with Crippen LogP contribution in [0.25, 0.3) is 0 Å². The summed E-state index contributed by atoms with van der Waals surface area (Å²) in [6, 6.07) is 0. The molecule has 0 N–H and O–H groups in total. The van der Waals surface area contributed by atoms with Crippen LogP contribution in [0.1, 0.15) is 0 Å². The fraction of sp³-hybridized carbons (Fsp3) is 1.00. The van der Waals surface area contributed by atoms with E-state index in [-0.39, 0.29) is 0 Å². The summed E-state index contributed by atoms with van der Waals surface area (Å²) in [6.07, 6.45) is 0. The number of hydrogen-bond acceptors (Lipinski definition) is 0. The number of nitrogens with zero attached hydrogens (tertiary/aromatic N) is 2. The normalized spacial score (nSPS) is 53.4. The van der Waals surface area contributed by atoms with E-state index in [2.05, 4.69) is 0 Å². The minimum absolute atomic E-state index is 0.775. The first-order valence-electron chi connectivity index (χ1n) is 3.91. The molecule has 3 fully saturated rings. The number of piperazine rings is 3. The lowest BCUT2D eigenvalue weighted by Crippen LogP contribution is -2.73. The Labute approximate surface area is 64.8 Å². The number of hydrogen-bond donors (Lipinski definition) is 0. The fourth-order valence-electron chi connectivity index (χ4n) is 1.87. The molecule has 3 aliphatic rings. The van der Waals surface area contributed by atoms with Crippen LogP contribution in [0.3, 0.4) is 0 Å². The highest BCUT2D eigenvalue weighted by molar-refractivity contribution is 5.99. The predicted molar refractivity (Wildman–Crippen MR) is 41.2 cm³/mol. The minimum Gasteiger partial charge on any atom is -0.575 e. The van der Waals surface area contributed by atoms with E-state index in [1.807, 2.05) is 0 Å². The molecule has 0 aromatic carbocycles. The molecule has 6 radical (unpaired) electrons. The van der Waals surface area contributed by atoms with E-state index in [1.54, 1.807) is 0 Å². The van der Waals surface area contributed by atoms with Gasteiger partial charge in [0.25, 0.3) is 0 Å². The van der Waals surface area contributed by atoms with E-state index in [9.17, 15) is 0 Å². The molecule has 10 heavy (non-hydrogen) atoms. The van der Waals surface area contributed by atoms with Crippen LogP contribution < -0.4 is 0 Å². The van der Waals surface area contributed by atoms with Gasteiger partial charge in [0, 0.05) is 0 Å². The summed E-state index contributed by atoms with van der Waals surface area (Å²) in [5.74, 6) is 0. The van der Waals surface area contributed by atoms with Crippen LogP contribution in [0.5, 0.6) is 0 Å². The van der Waals surface area contributed by atoms with Crippen LogP contribution in [-0.4, -0.2) is 64.0 Å². The molecule has 0 aliphatic carbocycles. The van der Waals surface area contributed by atoms with Crippen molar-refractivity contribution in [3.63, 3.8) is 0 Å². The van der Waals surface area contributed by atoms with Crippen LogP contribution in [0.2, 0.25) is 0 Å². The molecule has 0 atom stereocenters. The Hall–Kier alpha value is 0.0499. The molecule has 2 bridgehead atoms. The Morgan fingerprint density at radius 2 is 0.800 bits per heavy atom. The van der Waals surface area contributed by atoms with Crippen molar-refractivity contribution < 1.29 is 8.79 Å². The molecule has 0 amide bonds. The highest BCUT2D eigenvalue weighted by atomic mass is 15.5. The molecule has 3 heterocycles. The van der Waals surface area contributed by atoms with Crippen molar-refractivity contribution in [3.05, 3.63) is 0 Å². The maximum atomic E-state index is 6.03. The average molecular weight is 134 g/mol. The Balaban J connectivity index is 2.16. The molecule has 0 saturated carbocycles. The lowest BCUT2D eigenvalue weighted by molar-refractivity contribution is -0.983. The van der Waals surface area contributed by atoms with Crippen molar-refractivity contribution in [2.75, 3.05) is 39.3 Å². The average Bonchev–Trinajstić information content (AvgIpc) is 1.93. The molecule has 2 nitrogen and oxygen atoms in total. The third-order valence-corrected chi connectivity index (χ3v) is 2.97. The smallest absolute Gasteiger partial charge is 0.0783 e. The lowest BCUT2D eigenvalue weighted by Gasteiger charge is -2.68. The molecular weight excluding hydrogens is 122 g/mol. The molecule has 0 spiro atoms. The Bertz CT molecular complexity index is 117. The molecule has 3 aliphatic heterocycles. The van der Waals surface area contributed by atoms with Crippen LogP contribution in [0, 0.1) is 0 Å². The summed E-state index contributed by atoms with van der Waals surface area (Å²) in [6.45, 7) is 6.40. The van der Waals surface area contributed by atoms with Crippen LogP contribution >= 0.6 is 0 Å². The number of fused-ring (bicyclic) bond motifs is 3. The van der Waals surface area contributed by atoms with Crippen molar-refractivity contribution in [2.24, 2.45) is 0 Å². The summed E-state index contributed by atoms with van der Waals surface area (Å²) in [5, 5.41) is 0. The van der Waals surface area contributed by atoms with Gasteiger partial charge in [-0.1, -0.05) is 0 Å². The van der Waals surface area contributed by atoms with Crippen molar-refractivity contribution in [1.82, 2.24) is 0 Å². The SMILES string of the molecule is [B-][N+]12CC[N+]([B-])(CC1)CC2. The quantitative estimate of drug-likeness (QED) is 0.365. The molecule has 4 heteroatoms. The van der Waals surface area contributed by atoms with Gasteiger partial charge in [0.05, 0.1) is 39.3 Å². The summed E-state index contributed by atoms with van der Waals surface area (Å²) >= 11 is 0. The zero-order chi connectivity index (χ0) is 7.24. The van der Waals surface area contributed by atoms with Gasteiger partial charge in [0.1, 0.15) is 0 Å². The molecule has 3 rings (SSSR count). The first-order chi connectivity index (χ1) is 4.62. The highest BCUT2D eigenvalue weighted by Gasteiger charge is 2.30. The first kappa shape index (κ1) is 6.74. The maximum Gasteiger partial charge on any atom is 0.0783 e. The summed E-state index contributed by atoms with van der Waals surface area (Å²) in [5.41, 5.74) is 0. The zero-order valence-electron chi connectivity index (χ0n) is 6.29. The van der Waals surface area contributed by atoms with Crippen LogP contribution in [0.15, 0.2) is 0 Å². The number of rotatable bonds is 0. The second-order valence-corrected chi connectivity index (χ2v) is 3.78. The molecule has 0 aromatic heterocycles. The second kappa shape index (κ2) is 1.80. The van der Waals surface area contributed by atoms with E-state index in [0.29, 0.717) is 0 Å². The van der Waals surface area contributed by atoms with Gasteiger partial charge in [-0.15, -0.1) is 0 Å². The largest absolute Gasteiger partial charge is 0.575 e. The van der Waals surface area contributed by atoms with Gasteiger partial charge >= 0.3 is 0 Å². The van der Waals surface area contributed by atoms with Gasteiger partial charge in [0.15, 0.2) is 0 Å². The van der Waals surface area contributed by atoms with E-state index in [1.165, 1.54) is 0 Å². The Kier molecular flexibility index (Phi) is 1.21. The van der Waals surface area contributed by atoms with Crippen molar-refractivity contribution in [2.45, 2.75) is 0 Å². The van der Waals surface area contributed by atoms with Gasteiger partial charge in [-0.05, 0) is 0 Å². The maximum absolute atomic E-state index is 6.03. The highest BCUT2D eigenvalue weighted by Crippen LogP contribution is 2.20. The standard InChI is InChI=1S/C6H12B2N2/c7-9-1-2-10(8,5-3-9)6-4-9/h1-6H2. The third-order valence-electron chi connectivity index (χ3n) is 2.97. The Morgan fingerprint density at radius 1 is 0.600 bits per heavy atom. The van der Waals surface area contributed by atoms with Crippen molar-refractivity contribution >= 4 is 16.0 Å². The van der Waals surface area contributed by atoms with Gasteiger partial charge in [-0.2, -0.15) is 0 Å². The monoisotopic (exact) mass is 134 g/mol. The van der Waals surface area contributed by atoms with Gasteiger partial charge in [-0.25, -0.2) is 16.0 Å². The van der Waals surface area contributed by atoms with Gasteiger partial charge in [0.2, 0.25) is 0 Å². The van der Waals surface area contributed by atoms with E-state index < -0.39 is 0 Å². The Morgan fingerprint density at radius 3 is 1.00 bits per heavy atom. The number of quaternary nitrogens is 2. The molecule has 3 saturated heterocycles. The summed E-state index contributed by atoms with van der Waals surface area (Å²) in [4.78, 5) is 0. The van der Waals surface area contributed by atoms with Gasteiger partial charge in [-0.3, -0.25) is 0 Å². The second-order valence-electron chi connectivity index (χ2n) is 3.78. The van der Waals surface area contributed by atoms with E-state index in [0.717, 1.165) is 48.1 Å². The van der Waals surface area contributed by atoms with E-state index in [4.69, 9.17) is 16.0 Å². The third kappa shape index (κ3) is 0.903. The minimum atomic E-state index is 0.775. The van der Waals surface area contributed by atoms with Crippen LogP contribution in [0.4, 0.5) is 0 Å². The fourth-order valence-corrected chi connectivity index (χ4v) is 1.87. The lowest BCUT2D eigenvalue weighted by atomic mass is 9.96. The zero-order valence-corrected chi connectivity index (χ0v) is 6.29. The molecule has 0 unspecified atom stereocenters. The van der Waals surface area contributed by atoms with E-state index >= 15 is 0 Å². The van der Waals surface area contributed by atoms with Gasteiger partial charge < -0.3 is 8.79 Å². The molecule has 52 valence electrons. The first-order valence-corrected chi connectivity index (χ1v) is 3.91. The molecule has 0 aromatic rings. The molecular formula is C6H12B2N2. The summed E-state index contributed by atoms with van der Waals surface area (Å²) < 4.78 is 1.55. The van der Waals surface area contributed by atoms with Crippen LogP contribution in [-0.2, 0) is 0 Å². The predicted octanol–water partition coefficient (Wildman–Crippen LogP) is -1.19. The van der Waals surface area contributed by atoms with Crippen molar-refractivity contribution in [1.29, 1.82) is 0 Å². The topological polar surface area (TPSA) is 0 Å². The summed E-state index contributed by atoms with van der Waals surface area (Å²) in [7, 11) is 12.1. The van der Waals surface area contributed by atoms with Crippen molar-refractivity contribution in [3.8, 4) is 0 Å².